The summed E-state index contributed by atoms with van der Waals surface area (Å²) in [5.41, 5.74) is 0.158. The lowest BCUT2D eigenvalue weighted by molar-refractivity contribution is -0.0321. The van der Waals surface area contributed by atoms with E-state index in [-0.39, 0.29) is 12.7 Å². The molecule has 3 rings (SSSR count). The maximum Gasteiger partial charge on any atom is 0.400 e. The number of fused-ring (bicyclic) bond motifs is 1. The van der Waals surface area contributed by atoms with Gasteiger partial charge in [-0.2, -0.15) is 0 Å². The lowest BCUT2D eigenvalue weighted by Gasteiger charge is -2.49. The van der Waals surface area contributed by atoms with Crippen molar-refractivity contribution in [3.63, 3.8) is 0 Å². The molecule has 1 heterocycles. The molecule has 1 aromatic carbocycles. The molecule has 1 fully saturated rings. The van der Waals surface area contributed by atoms with Gasteiger partial charge < -0.3 is 9.47 Å². The highest BCUT2D eigenvalue weighted by Crippen LogP contribution is 2.48. The van der Waals surface area contributed by atoms with Crippen LogP contribution in [0.25, 0.3) is 0 Å². The molecule has 2 aliphatic rings. The van der Waals surface area contributed by atoms with Crippen LogP contribution in [0.5, 0.6) is 0 Å². The Kier molecular flexibility index (Phi) is 3.67. The summed E-state index contributed by atoms with van der Waals surface area (Å²) < 4.78 is 39.4. The molecule has 22 heavy (non-hydrogen) atoms. The highest BCUT2D eigenvalue weighted by molar-refractivity contribution is 7.91. The molecule has 1 aliphatic carbocycles. The van der Waals surface area contributed by atoms with Crippen molar-refractivity contribution in [1.82, 2.24) is 0 Å². The largest absolute Gasteiger partial charge is 0.445 e. The van der Waals surface area contributed by atoms with Gasteiger partial charge >= 0.3 is 6.08 Å². The van der Waals surface area contributed by atoms with Gasteiger partial charge in [-0.25, -0.2) is 8.42 Å². The number of hydrogen-bond acceptors (Lipinski definition) is 4. The molecule has 1 aromatic rings. The number of sulfonamides is 1. The zero-order valence-corrected chi connectivity index (χ0v) is 13.7. The van der Waals surface area contributed by atoms with Crippen molar-refractivity contribution in [2.45, 2.75) is 56.5 Å². The van der Waals surface area contributed by atoms with Crippen LogP contribution in [0.2, 0.25) is 0 Å². The van der Waals surface area contributed by atoms with Crippen LogP contribution in [0.4, 0.5) is 0 Å². The summed E-state index contributed by atoms with van der Waals surface area (Å²) in [6.45, 7) is 3.82. The lowest BCUT2D eigenvalue weighted by atomic mass is 9.76. The Bertz CT molecular complexity index is 685. The van der Waals surface area contributed by atoms with Gasteiger partial charge in [0.25, 0.3) is 10.0 Å². The SMILES string of the molecule is CC12CCCCC1(C)S(=O)(=O)N=C(OCc1ccccc1)O2. The summed E-state index contributed by atoms with van der Waals surface area (Å²) in [5.74, 6) is 0. The van der Waals surface area contributed by atoms with E-state index in [9.17, 15) is 8.42 Å². The molecule has 120 valence electrons. The summed E-state index contributed by atoms with van der Waals surface area (Å²) in [4.78, 5) is 0. The van der Waals surface area contributed by atoms with E-state index in [1.54, 1.807) is 6.92 Å². The normalized spacial score (nSPS) is 33.3. The molecule has 1 saturated carbocycles. The highest BCUT2D eigenvalue weighted by atomic mass is 32.2. The van der Waals surface area contributed by atoms with Crippen molar-refractivity contribution >= 4 is 16.1 Å². The van der Waals surface area contributed by atoms with E-state index in [0.717, 1.165) is 18.4 Å². The topological polar surface area (TPSA) is 65.0 Å². The molecule has 2 unspecified atom stereocenters. The summed E-state index contributed by atoms with van der Waals surface area (Å²) >= 11 is 0. The van der Waals surface area contributed by atoms with Crippen LogP contribution in [0, 0.1) is 0 Å². The average Bonchev–Trinajstić information content (AvgIpc) is 2.48. The zero-order valence-electron chi connectivity index (χ0n) is 12.9. The number of rotatable bonds is 2. The van der Waals surface area contributed by atoms with Crippen molar-refractivity contribution in [3.8, 4) is 0 Å². The van der Waals surface area contributed by atoms with E-state index < -0.39 is 20.4 Å². The Labute approximate surface area is 131 Å². The fraction of sp³-hybridized carbons (Fsp3) is 0.562. The smallest absolute Gasteiger partial charge is 0.400 e. The number of benzene rings is 1. The van der Waals surface area contributed by atoms with E-state index in [1.165, 1.54) is 0 Å². The molecule has 0 aromatic heterocycles. The minimum absolute atomic E-state index is 0.134. The lowest BCUT2D eigenvalue weighted by Crippen LogP contribution is -2.61. The standard InChI is InChI=1S/C16H21NO4S/c1-15-10-6-7-11-16(15,2)22(18,19)17-14(21-15)20-12-13-8-4-3-5-9-13/h3-5,8-9H,6-7,10-12H2,1-2H3. The van der Waals surface area contributed by atoms with Gasteiger partial charge in [-0.1, -0.05) is 41.2 Å². The van der Waals surface area contributed by atoms with Gasteiger partial charge in [0, 0.05) is 0 Å². The van der Waals surface area contributed by atoms with Gasteiger partial charge in [-0.3, -0.25) is 0 Å². The zero-order chi connectivity index (χ0) is 15.8. The predicted octanol–water partition coefficient (Wildman–Crippen LogP) is 3.01. The van der Waals surface area contributed by atoms with Crippen LogP contribution in [0.1, 0.15) is 45.1 Å². The molecule has 0 N–H and O–H groups in total. The molecular weight excluding hydrogens is 302 g/mol. The minimum Gasteiger partial charge on any atom is -0.445 e. The minimum atomic E-state index is -3.66. The summed E-state index contributed by atoms with van der Waals surface area (Å²) in [6.07, 6.45) is 2.96. The number of hydrogen-bond donors (Lipinski definition) is 0. The number of ether oxygens (including phenoxy) is 2. The molecule has 1 aliphatic heterocycles. The third-order valence-electron chi connectivity index (χ3n) is 4.96. The van der Waals surface area contributed by atoms with Crippen molar-refractivity contribution in [2.24, 2.45) is 4.40 Å². The second-order valence-electron chi connectivity index (χ2n) is 6.38. The molecular formula is C16H21NO4S. The summed E-state index contributed by atoms with van der Waals surface area (Å²) in [5, 5.41) is 0. The second-order valence-corrected chi connectivity index (χ2v) is 8.41. The molecule has 0 saturated heterocycles. The van der Waals surface area contributed by atoms with Gasteiger partial charge in [0.1, 0.15) is 17.0 Å². The van der Waals surface area contributed by atoms with Crippen molar-refractivity contribution in [1.29, 1.82) is 0 Å². The van der Waals surface area contributed by atoms with Gasteiger partial charge in [0.2, 0.25) is 0 Å². The van der Waals surface area contributed by atoms with E-state index >= 15 is 0 Å². The molecule has 6 heteroatoms. The first-order valence-corrected chi connectivity index (χ1v) is 9.01. The van der Waals surface area contributed by atoms with E-state index in [4.69, 9.17) is 9.47 Å². The predicted molar refractivity (Wildman–Crippen MR) is 83.9 cm³/mol. The van der Waals surface area contributed by atoms with Crippen molar-refractivity contribution < 1.29 is 17.9 Å². The van der Waals surface area contributed by atoms with E-state index in [1.807, 2.05) is 37.3 Å². The maximum absolute atomic E-state index is 12.6. The monoisotopic (exact) mass is 323 g/mol. The highest BCUT2D eigenvalue weighted by Gasteiger charge is 2.60. The Morgan fingerprint density at radius 3 is 2.59 bits per heavy atom. The first-order chi connectivity index (χ1) is 10.4. The van der Waals surface area contributed by atoms with Crippen LogP contribution >= 0.6 is 0 Å². The first-order valence-electron chi connectivity index (χ1n) is 7.57. The molecule has 0 bridgehead atoms. The third kappa shape index (κ3) is 2.39. The third-order valence-corrected chi connectivity index (χ3v) is 7.12. The van der Waals surface area contributed by atoms with Crippen molar-refractivity contribution in [2.75, 3.05) is 0 Å². The Morgan fingerprint density at radius 1 is 1.18 bits per heavy atom. The molecule has 0 amide bonds. The van der Waals surface area contributed by atoms with E-state index in [2.05, 4.69) is 4.40 Å². The number of nitrogens with zero attached hydrogens (tertiary/aromatic N) is 1. The van der Waals surface area contributed by atoms with Crippen LogP contribution in [-0.4, -0.2) is 24.8 Å². The molecule has 2 atom stereocenters. The fourth-order valence-electron chi connectivity index (χ4n) is 3.20. The summed E-state index contributed by atoms with van der Waals surface area (Å²) in [6, 6.07) is 9.53. The van der Waals surface area contributed by atoms with Crippen LogP contribution in [-0.2, 0) is 26.1 Å². The quantitative estimate of drug-likeness (QED) is 0.839. The van der Waals surface area contributed by atoms with Crippen LogP contribution in [0.15, 0.2) is 34.7 Å². The van der Waals surface area contributed by atoms with Crippen LogP contribution in [0.3, 0.4) is 0 Å². The van der Waals surface area contributed by atoms with Gasteiger partial charge in [-0.05, 0) is 38.7 Å². The fourth-order valence-corrected chi connectivity index (χ4v) is 4.78. The molecule has 0 radical (unpaired) electrons. The van der Waals surface area contributed by atoms with Crippen LogP contribution < -0.4 is 0 Å². The Morgan fingerprint density at radius 2 is 1.86 bits per heavy atom. The molecule has 0 spiro atoms. The van der Waals surface area contributed by atoms with Gasteiger partial charge in [0.05, 0.1) is 0 Å². The first kappa shape index (κ1) is 15.3. The van der Waals surface area contributed by atoms with E-state index in [0.29, 0.717) is 12.8 Å². The van der Waals surface area contributed by atoms with Crippen molar-refractivity contribution in [3.05, 3.63) is 35.9 Å². The van der Waals surface area contributed by atoms with Gasteiger partial charge in [-0.15, -0.1) is 0 Å². The maximum atomic E-state index is 12.6. The average molecular weight is 323 g/mol. The Balaban J connectivity index is 1.85. The second kappa shape index (κ2) is 5.26. The molecule has 5 nitrogen and oxygen atoms in total. The summed E-state index contributed by atoms with van der Waals surface area (Å²) in [7, 11) is -3.66. The van der Waals surface area contributed by atoms with Gasteiger partial charge in [0.15, 0.2) is 0 Å². The Hall–Kier alpha value is -1.56.